The Labute approximate surface area is 149 Å². The van der Waals surface area contributed by atoms with Crippen molar-refractivity contribution in [2.75, 3.05) is 5.32 Å². The van der Waals surface area contributed by atoms with Crippen LogP contribution in [0.2, 0.25) is 0 Å². The minimum absolute atomic E-state index is 0.235. The van der Waals surface area contributed by atoms with Gasteiger partial charge in [0.15, 0.2) is 5.82 Å². The van der Waals surface area contributed by atoms with Crippen LogP contribution in [0.3, 0.4) is 0 Å². The first-order valence-corrected chi connectivity index (χ1v) is 7.95. The van der Waals surface area contributed by atoms with Crippen molar-refractivity contribution in [1.82, 2.24) is 29.3 Å². The number of anilines is 1. The van der Waals surface area contributed by atoms with E-state index in [1.807, 2.05) is 29.0 Å². The third-order valence-electron chi connectivity index (χ3n) is 3.77. The maximum Gasteiger partial charge on any atom is 0.255 e. The highest BCUT2D eigenvalue weighted by Gasteiger charge is 2.12. The summed E-state index contributed by atoms with van der Waals surface area (Å²) in [6.07, 6.45) is 11.7. The van der Waals surface area contributed by atoms with E-state index in [1.54, 1.807) is 47.9 Å². The van der Waals surface area contributed by atoms with Crippen LogP contribution in [0, 0.1) is 0 Å². The van der Waals surface area contributed by atoms with Crippen molar-refractivity contribution in [2.24, 2.45) is 0 Å². The van der Waals surface area contributed by atoms with Crippen LogP contribution in [0.4, 0.5) is 5.69 Å². The van der Waals surface area contributed by atoms with E-state index < -0.39 is 0 Å². The zero-order chi connectivity index (χ0) is 17.8. The first-order chi connectivity index (χ1) is 12.8. The lowest BCUT2D eigenvalue weighted by Gasteiger charge is -2.10. The number of hydrogen-bond acceptors (Lipinski definition) is 5. The molecular weight excluding hydrogens is 330 g/mol. The smallest absolute Gasteiger partial charge is 0.255 e. The standard InChI is InChI=1S/C18H15N7O/c26-18(15-4-1-3-14(9-15)11-24-8-6-19-13-24)23-16-10-20-12-21-17(16)25-7-2-5-22-25/h1-10,12-13H,11H2,(H,23,26). The van der Waals surface area contributed by atoms with E-state index >= 15 is 0 Å². The van der Waals surface area contributed by atoms with Crippen LogP contribution < -0.4 is 5.32 Å². The van der Waals surface area contributed by atoms with Gasteiger partial charge in [-0.3, -0.25) is 4.79 Å². The summed E-state index contributed by atoms with van der Waals surface area (Å²) < 4.78 is 3.52. The molecule has 1 amide bonds. The molecule has 0 aliphatic rings. The van der Waals surface area contributed by atoms with Crippen molar-refractivity contribution in [3.8, 4) is 5.82 Å². The average Bonchev–Trinajstić information content (AvgIpc) is 3.36. The Bertz CT molecular complexity index is 1010. The SMILES string of the molecule is O=C(Nc1cncnc1-n1cccn1)c1cccc(Cn2ccnc2)c1. The molecule has 0 radical (unpaired) electrons. The Balaban J connectivity index is 1.56. The highest BCUT2D eigenvalue weighted by Crippen LogP contribution is 2.17. The van der Waals surface area contributed by atoms with Crippen molar-refractivity contribution in [2.45, 2.75) is 6.54 Å². The number of aromatic nitrogens is 6. The van der Waals surface area contributed by atoms with Crippen LogP contribution >= 0.6 is 0 Å². The molecule has 26 heavy (non-hydrogen) atoms. The molecule has 0 aliphatic carbocycles. The summed E-state index contributed by atoms with van der Waals surface area (Å²) in [6.45, 7) is 0.647. The molecule has 0 unspecified atom stereocenters. The molecule has 0 spiro atoms. The van der Waals surface area contributed by atoms with Crippen LogP contribution in [-0.4, -0.2) is 35.2 Å². The third-order valence-corrected chi connectivity index (χ3v) is 3.77. The molecule has 0 atom stereocenters. The molecule has 128 valence electrons. The maximum absolute atomic E-state index is 12.7. The number of hydrogen-bond donors (Lipinski definition) is 1. The monoisotopic (exact) mass is 345 g/mol. The Hall–Kier alpha value is -3.81. The molecule has 1 N–H and O–H groups in total. The zero-order valence-corrected chi connectivity index (χ0v) is 13.7. The second-order valence-corrected chi connectivity index (χ2v) is 5.60. The highest BCUT2D eigenvalue weighted by molar-refractivity contribution is 6.05. The van der Waals surface area contributed by atoms with Gasteiger partial charge < -0.3 is 9.88 Å². The number of rotatable bonds is 5. The Kier molecular flexibility index (Phi) is 4.21. The minimum atomic E-state index is -0.235. The predicted molar refractivity (Wildman–Crippen MR) is 94.9 cm³/mol. The van der Waals surface area contributed by atoms with Crippen molar-refractivity contribution >= 4 is 11.6 Å². The molecule has 8 heteroatoms. The third kappa shape index (κ3) is 3.34. The van der Waals surface area contributed by atoms with E-state index in [1.165, 1.54) is 6.33 Å². The molecule has 8 nitrogen and oxygen atoms in total. The van der Waals surface area contributed by atoms with Gasteiger partial charge in [-0.1, -0.05) is 12.1 Å². The van der Waals surface area contributed by atoms with Gasteiger partial charge >= 0.3 is 0 Å². The molecule has 4 aromatic rings. The summed E-state index contributed by atoms with van der Waals surface area (Å²) in [7, 11) is 0. The van der Waals surface area contributed by atoms with Gasteiger partial charge in [0.25, 0.3) is 5.91 Å². The lowest BCUT2D eigenvalue weighted by atomic mass is 10.1. The Morgan fingerprint density at radius 3 is 2.88 bits per heavy atom. The fraction of sp³-hybridized carbons (Fsp3) is 0.0556. The van der Waals surface area contributed by atoms with E-state index in [-0.39, 0.29) is 5.91 Å². The van der Waals surface area contributed by atoms with Crippen LogP contribution in [0.15, 0.2) is 74.0 Å². The fourth-order valence-electron chi connectivity index (χ4n) is 2.58. The number of nitrogens with zero attached hydrogens (tertiary/aromatic N) is 6. The molecule has 0 saturated heterocycles. The molecule has 0 bridgehead atoms. The Morgan fingerprint density at radius 1 is 1.12 bits per heavy atom. The van der Waals surface area contributed by atoms with Crippen LogP contribution in [0.5, 0.6) is 0 Å². The lowest BCUT2D eigenvalue weighted by Crippen LogP contribution is -2.15. The highest BCUT2D eigenvalue weighted by atomic mass is 16.1. The number of benzene rings is 1. The van der Waals surface area contributed by atoms with E-state index in [0.29, 0.717) is 23.6 Å². The van der Waals surface area contributed by atoms with Gasteiger partial charge in [-0.25, -0.2) is 19.6 Å². The van der Waals surface area contributed by atoms with E-state index in [9.17, 15) is 4.79 Å². The van der Waals surface area contributed by atoms with Crippen molar-refractivity contribution in [3.05, 3.63) is 85.1 Å². The maximum atomic E-state index is 12.7. The molecule has 4 rings (SSSR count). The largest absolute Gasteiger partial charge is 0.333 e. The second kappa shape index (κ2) is 6.98. The summed E-state index contributed by atoms with van der Waals surface area (Å²) in [6, 6.07) is 9.23. The summed E-state index contributed by atoms with van der Waals surface area (Å²) in [5.41, 5.74) is 2.05. The molecule has 0 fully saturated rings. The van der Waals surface area contributed by atoms with E-state index in [4.69, 9.17) is 0 Å². The van der Waals surface area contributed by atoms with Gasteiger partial charge in [0.1, 0.15) is 12.0 Å². The van der Waals surface area contributed by atoms with Crippen LogP contribution in [0.25, 0.3) is 5.82 Å². The summed E-state index contributed by atoms with van der Waals surface area (Å²) in [4.78, 5) is 24.9. The van der Waals surface area contributed by atoms with E-state index in [0.717, 1.165) is 5.56 Å². The van der Waals surface area contributed by atoms with Gasteiger partial charge in [0.2, 0.25) is 0 Å². The number of amides is 1. The molecular formula is C18H15N7O. The first-order valence-electron chi connectivity index (χ1n) is 7.95. The molecule has 0 saturated carbocycles. The topological polar surface area (TPSA) is 90.5 Å². The van der Waals surface area contributed by atoms with Gasteiger partial charge in [0.05, 0.1) is 12.5 Å². The van der Waals surface area contributed by atoms with E-state index in [2.05, 4.69) is 25.4 Å². The molecule has 0 aliphatic heterocycles. The fourth-order valence-corrected chi connectivity index (χ4v) is 2.58. The minimum Gasteiger partial charge on any atom is -0.333 e. The number of imidazole rings is 1. The zero-order valence-electron chi connectivity index (χ0n) is 13.7. The van der Waals surface area contributed by atoms with Crippen LogP contribution in [0.1, 0.15) is 15.9 Å². The molecule has 3 heterocycles. The summed E-state index contributed by atoms with van der Waals surface area (Å²) in [5.74, 6) is 0.272. The van der Waals surface area contributed by atoms with Crippen molar-refractivity contribution < 1.29 is 4.79 Å². The van der Waals surface area contributed by atoms with Gasteiger partial charge in [0, 0.05) is 36.9 Å². The predicted octanol–water partition coefficient (Wildman–Crippen LogP) is 2.16. The van der Waals surface area contributed by atoms with Crippen LogP contribution in [-0.2, 0) is 6.54 Å². The lowest BCUT2D eigenvalue weighted by molar-refractivity contribution is 0.102. The normalized spacial score (nSPS) is 10.6. The first kappa shape index (κ1) is 15.7. The van der Waals surface area contributed by atoms with Gasteiger partial charge in [-0.2, -0.15) is 5.10 Å². The second-order valence-electron chi connectivity index (χ2n) is 5.60. The van der Waals surface area contributed by atoms with Crippen molar-refractivity contribution in [3.63, 3.8) is 0 Å². The number of carbonyl (C=O) groups is 1. The summed E-state index contributed by atoms with van der Waals surface area (Å²) in [5, 5.41) is 7.01. The molecule has 1 aromatic carbocycles. The quantitative estimate of drug-likeness (QED) is 0.598. The number of carbonyl (C=O) groups excluding carboxylic acids is 1. The van der Waals surface area contributed by atoms with Gasteiger partial charge in [-0.05, 0) is 23.8 Å². The van der Waals surface area contributed by atoms with Crippen molar-refractivity contribution in [1.29, 1.82) is 0 Å². The van der Waals surface area contributed by atoms with Gasteiger partial charge in [-0.15, -0.1) is 0 Å². The molecule has 3 aromatic heterocycles. The number of nitrogens with one attached hydrogen (secondary N) is 1. The summed E-state index contributed by atoms with van der Waals surface area (Å²) >= 11 is 0. The average molecular weight is 345 g/mol. The Morgan fingerprint density at radius 2 is 2.08 bits per heavy atom.